The smallest absolute Gasteiger partial charge is 0.253 e. The summed E-state index contributed by atoms with van der Waals surface area (Å²) < 4.78 is 13.2. The molecule has 0 fully saturated rings. The zero-order valence-electron chi connectivity index (χ0n) is 11.7. The Morgan fingerprint density at radius 2 is 2.05 bits per heavy atom. The lowest BCUT2D eigenvalue weighted by Crippen LogP contribution is -2.23. The summed E-state index contributed by atoms with van der Waals surface area (Å²) in [6, 6.07) is 10.1. The van der Waals surface area contributed by atoms with Gasteiger partial charge in [-0.3, -0.25) is 4.79 Å². The maximum Gasteiger partial charge on any atom is 0.253 e. The van der Waals surface area contributed by atoms with Gasteiger partial charge in [0.1, 0.15) is 5.82 Å². The van der Waals surface area contributed by atoms with Crippen LogP contribution in [0.1, 0.15) is 21.5 Å². The number of hydrogen-bond acceptors (Lipinski definition) is 2. The Morgan fingerprint density at radius 1 is 1.29 bits per heavy atom. The summed E-state index contributed by atoms with van der Waals surface area (Å²) >= 11 is 7.60. The molecule has 1 N–H and O–H groups in total. The number of hydrogen-bond donors (Lipinski definition) is 1. The van der Waals surface area contributed by atoms with Crippen LogP contribution in [0.2, 0.25) is 5.02 Å². The van der Waals surface area contributed by atoms with Crippen molar-refractivity contribution in [3.05, 3.63) is 63.9 Å². The van der Waals surface area contributed by atoms with E-state index in [1.807, 2.05) is 12.3 Å². The van der Waals surface area contributed by atoms with Crippen molar-refractivity contribution in [1.82, 2.24) is 5.32 Å². The first-order valence-electron chi connectivity index (χ1n) is 6.38. The average molecular weight is 324 g/mol. The standard InChI is InChI=1S/C16H15ClFNOS/c1-10-7-11(3-6-15(10)18)9-19-16(20)13-8-12(21-2)4-5-14(13)17/h3-8H,9H2,1-2H3,(H,19,20). The molecule has 110 valence electrons. The Morgan fingerprint density at radius 3 is 2.71 bits per heavy atom. The van der Waals surface area contributed by atoms with E-state index in [9.17, 15) is 9.18 Å². The molecule has 1 amide bonds. The average Bonchev–Trinajstić information content (AvgIpc) is 2.48. The van der Waals surface area contributed by atoms with Crippen LogP contribution >= 0.6 is 23.4 Å². The monoisotopic (exact) mass is 323 g/mol. The van der Waals surface area contributed by atoms with E-state index < -0.39 is 0 Å². The highest BCUT2D eigenvalue weighted by Gasteiger charge is 2.11. The highest BCUT2D eigenvalue weighted by molar-refractivity contribution is 7.98. The van der Waals surface area contributed by atoms with Crippen LogP contribution < -0.4 is 5.32 Å². The molecule has 21 heavy (non-hydrogen) atoms. The number of carbonyl (C=O) groups is 1. The molecule has 0 unspecified atom stereocenters. The van der Waals surface area contributed by atoms with Crippen molar-refractivity contribution in [2.75, 3.05) is 6.26 Å². The molecule has 0 aliphatic rings. The molecule has 0 heterocycles. The molecule has 0 atom stereocenters. The number of halogens is 2. The third kappa shape index (κ3) is 3.99. The fourth-order valence-corrected chi connectivity index (χ4v) is 2.54. The molecule has 2 nitrogen and oxygen atoms in total. The SMILES string of the molecule is CSc1ccc(Cl)c(C(=O)NCc2ccc(F)c(C)c2)c1. The van der Waals surface area contributed by atoms with E-state index in [1.165, 1.54) is 6.07 Å². The minimum absolute atomic E-state index is 0.238. The number of nitrogens with one attached hydrogen (secondary N) is 1. The fourth-order valence-electron chi connectivity index (χ4n) is 1.90. The van der Waals surface area contributed by atoms with Crippen molar-refractivity contribution in [1.29, 1.82) is 0 Å². The van der Waals surface area contributed by atoms with E-state index in [1.54, 1.807) is 43.0 Å². The third-order valence-corrected chi connectivity index (χ3v) is 4.15. The molecule has 0 saturated heterocycles. The van der Waals surface area contributed by atoms with Crippen LogP contribution in [0.5, 0.6) is 0 Å². The van der Waals surface area contributed by atoms with Gasteiger partial charge in [-0.25, -0.2) is 4.39 Å². The van der Waals surface area contributed by atoms with Gasteiger partial charge >= 0.3 is 0 Å². The van der Waals surface area contributed by atoms with Crippen LogP contribution in [0.3, 0.4) is 0 Å². The van der Waals surface area contributed by atoms with Crippen molar-refractivity contribution in [3.63, 3.8) is 0 Å². The van der Waals surface area contributed by atoms with Gasteiger partial charge in [-0.2, -0.15) is 0 Å². The van der Waals surface area contributed by atoms with E-state index in [2.05, 4.69) is 5.32 Å². The van der Waals surface area contributed by atoms with Gasteiger partial charge in [0.2, 0.25) is 0 Å². The first-order valence-corrected chi connectivity index (χ1v) is 7.98. The number of thioether (sulfide) groups is 1. The predicted molar refractivity (Wildman–Crippen MR) is 85.5 cm³/mol. The summed E-state index contributed by atoms with van der Waals surface area (Å²) in [6.07, 6.45) is 1.94. The van der Waals surface area contributed by atoms with Crippen molar-refractivity contribution in [3.8, 4) is 0 Å². The molecule has 0 aromatic heterocycles. The lowest BCUT2D eigenvalue weighted by atomic mass is 10.1. The molecular weight excluding hydrogens is 309 g/mol. The first kappa shape index (κ1) is 15.9. The van der Waals surface area contributed by atoms with Crippen molar-refractivity contribution >= 4 is 29.3 Å². The Kier molecular flexibility index (Phi) is 5.26. The van der Waals surface area contributed by atoms with Gasteiger partial charge in [0.25, 0.3) is 5.91 Å². The molecule has 0 radical (unpaired) electrons. The second-order valence-corrected chi connectivity index (χ2v) is 5.90. The van der Waals surface area contributed by atoms with Gasteiger partial charge in [0.05, 0.1) is 10.6 Å². The molecule has 2 aromatic rings. The Balaban J connectivity index is 2.09. The largest absolute Gasteiger partial charge is 0.348 e. The summed E-state index contributed by atoms with van der Waals surface area (Å²) in [4.78, 5) is 13.2. The molecule has 0 aliphatic heterocycles. The van der Waals surface area contributed by atoms with Gasteiger partial charge in [-0.15, -0.1) is 11.8 Å². The Labute approximate surface area is 132 Å². The zero-order chi connectivity index (χ0) is 15.4. The summed E-state index contributed by atoms with van der Waals surface area (Å²) in [5.74, 6) is -0.487. The van der Waals surface area contributed by atoms with Gasteiger partial charge < -0.3 is 5.32 Å². The van der Waals surface area contributed by atoms with Crippen LogP contribution in [0.4, 0.5) is 4.39 Å². The maximum absolute atomic E-state index is 13.2. The number of rotatable bonds is 4. The van der Waals surface area contributed by atoms with Crippen LogP contribution in [0, 0.1) is 12.7 Å². The molecule has 2 aromatic carbocycles. The summed E-state index contributed by atoms with van der Waals surface area (Å²) in [7, 11) is 0. The van der Waals surface area contributed by atoms with Gasteiger partial charge in [0.15, 0.2) is 0 Å². The number of carbonyl (C=O) groups excluding carboxylic acids is 1. The van der Waals surface area contributed by atoms with Gasteiger partial charge in [0, 0.05) is 11.4 Å². The van der Waals surface area contributed by atoms with Gasteiger partial charge in [-0.1, -0.05) is 23.7 Å². The summed E-state index contributed by atoms with van der Waals surface area (Å²) in [5.41, 5.74) is 1.85. The minimum Gasteiger partial charge on any atom is -0.348 e. The highest BCUT2D eigenvalue weighted by Crippen LogP contribution is 2.23. The highest BCUT2D eigenvalue weighted by atomic mass is 35.5. The van der Waals surface area contributed by atoms with E-state index in [4.69, 9.17) is 11.6 Å². The third-order valence-electron chi connectivity index (χ3n) is 3.09. The number of aryl methyl sites for hydroxylation is 1. The van der Waals surface area contributed by atoms with Crippen molar-refractivity contribution < 1.29 is 9.18 Å². The number of amides is 1. The summed E-state index contributed by atoms with van der Waals surface area (Å²) in [6.45, 7) is 2.03. The lowest BCUT2D eigenvalue weighted by Gasteiger charge is -2.09. The van der Waals surface area contributed by atoms with Crippen molar-refractivity contribution in [2.24, 2.45) is 0 Å². The maximum atomic E-state index is 13.2. The van der Waals surface area contributed by atoms with Crippen LogP contribution in [-0.4, -0.2) is 12.2 Å². The summed E-state index contributed by atoms with van der Waals surface area (Å²) in [5, 5.41) is 3.22. The molecule has 0 spiro atoms. The van der Waals surface area contributed by atoms with E-state index in [0.29, 0.717) is 22.7 Å². The molecular formula is C16H15ClFNOS. The van der Waals surface area contributed by atoms with E-state index >= 15 is 0 Å². The van der Waals surface area contributed by atoms with E-state index in [0.717, 1.165) is 10.5 Å². The van der Waals surface area contributed by atoms with Gasteiger partial charge in [-0.05, 0) is 48.6 Å². The molecule has 0 aliphatic carbocycles. The van der Waals surface area contributed by atoms with Crippen molar-refractivity contribution in [2.45, 2.75) is 18.4 Å². The predicted octanol–water partition coefficient (Wildman–Crippen LogP) is 4.44. The van der Waals surface area contributed by atoms with Crippen LogP contribution in [0.25, 0.3) is 0 Å². The van der Waals surface area contributed by atoms with Crippen LogP contribution in [0.15, 0.2) is 41.3 Å². The second-order valence-electron chi connectivity index (χ2n) is 4.61. The van der Waals surface area contributed by atoms with Crippen LogP contribution in [-0.2, 0) is 6.54 Å². The Bertz CT molecular complexity index is 675. The molecule has 0 saturated carbocycles. The molecule has 2 rings (SSSR count). The minimum atomic E-state index is -0.249. The first-order chi connectivity index (χ1) is 10.0. The molecule has 5 heteroatoms. The Hall–Kier alpha value is -1.52. The number of benzene rings is 2. The fraction of sp³-hybridized carbons (Fsp3) is 0.188. The van der Waals surface area contributed by atoms with E-state index in [-0.39, 0.29) is 11.7 Å². The normalized spacial score (nSPS) is 10.5. The lowest BCUT2D eigenvalue weighted by molar-refractivity contribution is 0.0951. The molecule has 0 bridgehead atoms. The second kappa shape index (κ2) is 6.96. The quantitative estimate of drug-likeness (QED) is 0.843. The zero-order valence-corrected chi connectivity index (χ0v) is 13.3. The topological polar surface area (TPSA) is 29.1 Å².